The molecule has 0 fully saturated rings. The molecule has 0 saturated carbocycles. The molecule has 1 amide bonds. The van der Waals surface area contributed by atoms with Crippen molar-refractivity contribution in [1.82, 2.24) is 10.3 Å². The molecule has 2 heterocycles. The van der Waals surface area contributed by atoms with Crippen LogP contribution in [0.3, 0.4) is 0 Å². The summed E-state index contributed by atoms with van der Waals surface area (Å²) in [5, 5.41) is 7.82. The number of fused-ring (bicyclic) bond motifs is 1. The maximum atomic E-state index is 12.1. The zero-order valence-electron chi connectivity index (χ0n) is 16.6. The molecule has 0 saturated heterocycles. The van der Waals surface area contributed by atoms with Crippen molar-refractivity contribution in [3.63, 3.8) is 0 Å². The van der Waals surface area contributed by atoms with Crippen LogP contribution in [-0.4, -0.2) is 16.0 Å². The molecule has 2 N–H and O–H groups in total. The molecule has 0 spiro atoms. The van der Waals surface area contributed by atoms with Gasteiger partial charge in [-0.05, 0) is 71.9 Å². The molecule has 0 aliphatic carbocycles. The standard InChI is InChI=1S/C23H21N3O2S2/c1-3-14(2)15-9-10-19-18(13-15)25-22(28-19)16-6-4-7-17(12-16)24-23(29)26-21(27)20-8-5-11-30-20/h4-14H,3H2,1-2H3,(H2,24,26,27,29)/t14-/m0/s1. The first-order chi connectivity index (χ1) is 14.5. The van der Waals surface area contributed by atoms with Crippen molar-refractivity contribution in [3.8, 4) is 11.5 Å². The lowest BCUT2D eigenvalue weighted by molar-refractivity contribution is 0.0981. The zero-order chi connectivity index (χ0) is 21.1. The molecule has 0 unspecified atom stereocenters. The predicted molar refractivity (Wildman–Crippen MR) is 126 cm³/mol. The highest BCUT2D eigenvalue weighted by Gasteiger charge is 2.12. The summed E-state index contributed by atoms with van der Waals surface area (Å²) in [6, 6.07) is 17.3. The Kier molecular flexibility index (Phi) is 5.92. The fourth-order valence-electron chi connectivity index (χ4n) is 3.07. The highest BCUT2D eigenvalue weighted by molar-refractivity contribution is 7.80. The lowest BCUT2D eigenvalue weighted by Crippen LogP contribution is -2.33. The molecule has 1 atom stereocenters. The Bertz CT molecular complexity index is 1200. The van der Waals surface area contributed by atoms with E-state index in [1.54, 1.807) is 6.07 Å². The van der Waals surface area contributed by atoms with Crippen LogP contribution in [0.5, 0.6) is 0 Å². The molecule has 4 aromatic rings. The van der Waals surface area contributed by atoms with Gasteiger partial charge >= 0.3 is 0 Å². The predicted octanol–water partition coefficient (Wildman–Crippen LogP) is 6.20. The van der Waals surface area contributed by atoms with E-state index in [9.17, 15) is 4.79 Å². The van der Waals surface area contributed by atoms with Crippen LogP contribution in [0.25, 0.3) is 22.6 Å². The molecule has 4 rings (SSSR count). The van der Waals surface area contributed by atoms with E-state index in [2.05, 4.69) is 41.6 Å². The van der Waals surface area contributed by atoms with Gasteiger partial charge in [-0.3, -0.25) is 10.1 Å². The molecule has 7 heteroatoms. The van der Waals surface area contributed by atoms with Gasteiger partial charge in [0.25, 0.3) is 5.91 Å². The van der Waals surface area contributed by atoms with E-state index in [0.717, 1.165) is 28.8 Å². The quantitative estimate of drug-likeness (QED) is 0.366. The topological polar surface area (TPSA) is 67.2 Å². The minimum Gasteiger partial charge on any atom is -0.436 e. The van der Waals surface area contributed by atoms with Crippen LogP contribution in [0.15, 0.2) is 64.4 Å². The number of rotatable bonds is 5. The number of oxazole rings is 1. The molecular weight excluding hydrogens is 414 g/mol. The zero-order valence-corrected chi connectivity index (χ0v) is 18.3. The Balaban J connectivity index is 1.51. The van der Waals surface area contributed by atoms with Gasteiger partial charge in [-0.25, -0.2) is 4.98 Å². The Labute approximate surface area is 184 Å². The van der Waals surface area contributed by atoms with Crippen LogP contribution in [0, 0.1) is 0 Å². The fraction of sp³-hybridized carbons (Fsp3) is 0.174. The third-order valence-corrected chi connectivity index (χ3v) is 6.01. The number of hydrogen-bond donors (Lipinski definition) is 2. The number of amides is 1. The Morgan fingerprint density at radius 1 is 1.20 bits per heavy atom. The molecular formula is C23H21N3O2S2. The van der Waals surface area contributed by atoms with E-state index in [-0.39, 0.29) is 11.0 Å². The minimum atomic E-state index is -0.227. The molecule has 2 aromatic heterocycles. The summed E-state index contributed by atoms with van der Waals surface area (Å²) in [6.07, 6.45) is 1.08. The van der Waals surface area contributed by atoms with Crippen molar-refractivity contribution in [2.75, 3.05) is 5.32 Å². The Morgan fingerprint density at radius 3 is 2.83 bits per heavy atom. The van der Waals surface area contributed by atoms with Crippen LogP contribution in [0.2, 0.25) is 0 Å². The average Bonchev–Trinajstić information content (AvgIpc) is 3.42. The third kappa shape index (κ3) is 4.42. The summed E-state index contributed by atoms with van der Waals surface area (Å²) in [5.41, 5.74) is 4.43. The van der Waals surface area contributed by atoms with E-state index in [1.807, 2.05) is 41.8 Å². The van der Waals surface area contributed by atoms with Gasteiger partial charge in [-0.1, -0.05) is 32.0 Å². The van der Waals surface area contributed by atoms with Crippen LogP contribution in [-0.2, 0) is 0 Å². The normalized spacial score (nSPS) is 11.9. The van der Waals surface area contributed by atoms with Crippen molar-refractivity contribution < 1.29 is 9.21 Å². The number of aromatic nitrogens is 1. The van der Waals surface area contributed by atoms with Crippen molar-refractivity contribution in [2.24, 2.45) is 0 Å². The highest BCUT2D eigenvalue weighted by Crippen LogP contribution is 2.29. The average molecular weight is 436 g/mol. The SMILES string of the molecule is CC[C@H](C)c1ccc2oc(-c3cccc(NC(=S)NC(=O)c4cccs4)c3)nc2c1. The van der Waals surface area contributed by atoms with Crippen molar-refractivity contribution >= 4 is 51.4 Å². The molecule has 0 aliphatic rings. The molecule has 0 bridgehead atoms. The summed E-state index contributed by atoms with van der Waals surface area (Å²) in [6.45, 7) is 4.38. The number of nitrogens with zero attached hydrogens (tertiary/aromatic N) is 1. The number of thiophene rings is 1. The monoisotopic (exact) mass is 435 g/mol. The van der Waals surface area contributed by atoms with Gasteiger partial charge in [0.2, 0.25) is 5.89 Å². The molecule has 0 radical (unpaired) electrons. The van der Waals surface area contributed by atoms with Crippen LogP contribution in [0.1, 0.15) is 41.4 Å². The second-order valence-electron chi connectivity index (χ2n) is 7.02. The maximum absolute atomic E-state index is 12.1. The van der Waals surface area contributed by atoms with Gasteiger partial charge in [0, 0.05) is 11.3 Å². The minimum absolute atomic E-state index is 0.227. The van der Waals surface area contributed by atoms with Gasteiger partial charge in [0.15, 0.2) is 10.7 Å². The fourth-order valence-corrected chi connectivity index (χ4v) is 3.90. The Morgan fingerprint density at radius 2 is 2.07 bits per heavy atom. The number of anilines is 1. The second-order valence-corrected chi connectivity index (χ2v) is 8.38. The molecule has 30 heavy (non-hydrogen) atoms. The van der Waals surface area contributed by atoms with Gasteiger partial charge in [-0.15, -0.1) is 11.3 Å². The summed E-state index contributed by atoms with van der Waals surface area (Å²) in [4.78, 5) is 17.4. The van der Waals surface area contributed by atoms with E-state index in [1.165, 1.54) is 16.9 Å². The van der Waals surface area contributed by atoms with Gasteiger partial charge in [-0.2, -0.15) is 0 Å². The van der Waals surface area contributed by atoms with Crippen LogP contribution < -0.4 is 10.6 Å². The summed E-state index contributed by atoms with van der Waals surface area (Å²) >= 11 is 6.64. The Hall–Kier alpha value is -3.03. The first kappa shape index (κ1) is 20.3. The maximum Gasteiger partial charge on any atom is 0.267 e. The number of carbonyl (C=O) groups is 1. The lowest BCUT2D eigenvalue weighted by atomic mass is 9.98. The number of carbonyl (C=O) groups excluding carboxylic acids is 1. The van der Waals surface area contributed by atoms with Crippen LogP contribution >= 0.6 is 23.6 Å². The number of hydrogen-bond acceptors (Lipinski definition) is 5. The smallest absolute Gasteiger partial charge is 0.267 e. The largest absolute Gasteiger partial charge is 0.436 e. The summed E-state index contributed by atoms with van der Waals surface area (Å²) < 4.78 is 5.96. The van der Waals surface area contributed by atoms with Gasteiger partial charge in [0.1, 0.15) is 5.52 Å². The second kappa shape index (κ2) is 8.77. The highest BCUT2D eigenvalue weighted by atomic mass is 32.1. The van der Waals surface area contributed by atoms with E-state index in [4.69, 9.17) is 16.6 Å². The summed E-state index contributed by atoms with van der Waals surface area (Å²) in [5.74, 6) is 0.797. The number of thiocarbonyl (C=S) groups is 1. The van der Waals surface area contributed by atoms with Crippen molar-refractivity contribution in [1.29, 1.82) is 0 Å². The molecule has 0 aliphatic heterocycles. The van der Waals surface area contributed by atoms with Crippen LogP contribution in [0.4, 0.5) is 5.69 Å². The van der Waals surface area contributed by atoms with Crippen molar-refractivity contribution in [2.45, 2.75) is 26.2 Å². The van der Waals surface area contributed by atoms with E-state index in [0.29, 0.717) is 16.7 Å². The molecule has 152 valence electrons. The molecule has 2 aromatic carbocycles. The van der Waals surface area contributed by atoms with Crippen molar-refractivity contribution in [3.05, 3.63) is 70.4 Å². The van der Waals surface area contributed by atoms with Gasteiger partial charge < -0.3 is 9.73 Å². The first-order valence-corrected chi connectivity index (χ1v) is 11.0. The van der Waals surface area contributed by atoms with E-state index >= 15 is 0 Å². The van der Waals surface area contributed by atoms with E-state index < -0.39 is 0 Å². The third-order valence-electron chi connectivity index (χ3n) is 4.93. The number of nitrogens with one attached hydrogen (secondary N) is 2. The first-order valence-electron chi connectivity index (χ1n) is 9.70. The van der Waals surface area contributed by atoms with Gasteiger partial charge in [0.05, 0.1) is 4.88 Å². The number of benzene rings is 2. The summed E-state index contributed by atoms with van der Waals surface area (Å²) in [7, 11) is 0. The molecule has 5 nitrogen and oxygen atoms in total. The lowest BCUT2D eigenvalue weighted by Gasteiger charge is -2.09.